The smallest absolute Gasteiger partial charge is 0.234 e. The van der Waals surface area contributed by atoms with Gasteiger partial charge in [-0.2, -0.15) is 0 Å². The summed E-state index contributed by atoms with van der Waals surface area (Å²) in [6, 6.07) is 10.4. The third-order valence-corrected chi connectivity index (χ3v) is 5.62. The molecule has 1 saturated heterocycles. The highest BCUT2D eigenvalue weighted by atomic mass is 16.2. The Labute approximate surface area is 158 Å². The molecule has 1 aromatic carbocycles. The number of rotatable bonds is 7. The third kappa shape index (κ3) is 6.58. The summed E-state index contributed by atoms with van der Waals surface area (Å²) < 4.78 is 0. The Balaban J connectivity index is 1.29. The molecule has 4 nitrogen and oxygen atoms in total. The molecule has 26 heavy (non-hydrogen) atoms. The molecular weight excluding hydrogens is 322 g/mol. The van der Waals surface area contributed by atoms with Crippen molar-refractivity contribution in [3.05, 3.63) is 42.0 Å². The summed E-state index contributed by atoms with van der Waals surface area (Å²) >= 11 is 0. The Morgan fingerprint density at radius 3 is 2.42 bits per heavy atom. The molecule has 4 heteroatoms. The van der Waals surface area contributed by atoms with Crippen LogP contribution in [0.25, 0.3) is 6.08 Å². The zero-order valence-electron chi connectivity index (χ0n) is 15.9. The highest BCUT2D eigenvalue weighted by molar-refractivity contribution is 5.78. The maximum Gasteiger partial charge on any atom is 0.234 e. The summed E-state index contributed by atoms with van der Waals surface area (Å²) in [6.07, 6.45) is 11.0. The van der Waals surface area contributed by atoms with Crippen molar-refractivity contribution in [1.29, 1.82) is 0 Å². The number of benzene rings is 1. The predicted octanol–water partition coefficient (Wildman–Crippen LogP) is 3.01. The van der Waals surface area contributed by atoms with Gasteiger partial charge in [-0.15, -0.1) is 0 Å². The van der Waals surface area contributed by atoms with Crippen molar-refractivity contribution in [2.45, 2.75) is 32.1 Å². The maximum atomic E-state index is 12.2. The lowest BCUT2D eigenvalue weighted by atomic mass is 9.89. The van der Waals surface area contributed by atoms with Gasteiger partial charge in [-0.1, -0.05) is 61.7 Å². The van der Waals surface area contributed by atoms with Crippen LogP contribution < -0.4 is 5.32 Å². The monoisotopic (exact) mass is 355 g/mol. The maximum absolute atomic E-state index is 12.2. The average molecular weight is 356 g/mol. The second-order valence-electron chi connectivity index (χ2n) is 7.70. The number of nitrogens with one attached hydrogen (secondary N) is 1. The Morgan fingerprint density at radius 2 is 1.69 bits per heavy atom. The Hall–Kier alpha value is -1.65. The highest BCUT2D eigenvalue weighted by Gasteiger charge is 2.19. The lowest BCUT2D eigenvalue weighted by Gasteiger charge is -2.33. The molecule has 2 fully saturated rings. The van der Waals surface area contributed by atoms with Crippen LogP contribution in [-0.4, -0.2) is 61.5 Å². The first kappa shape index (κ1) is 19.1. The van der Waals surface area contributed by atoms with Crippen molar-refractivity contribution in [3.8, 4) is 0 Å². The first-order chi connectivity index (χ1) is 12.8. The van der Waals surface area contributed by atoms with Crippen molar-refractivity contribution in [2.75, 3.05) is 45.8 Å². The molecule has 1 aromatic rings. The standard InChI is InChI=1S/C22H33N3O/c26-22(23-18-21-10-5-2-6-11-21)19-25-16-14-24(15-17-25)13-7-12-20-8-3-1-4-9-20/h1,3-4,7-9,12,21H,2,5-6,10-11,13-19H2,(H,23,26). The van der Waals surface area contributed by atoms with E-state index in [-0.39, 0.29) is 5.91 Å². The van der Waals surface area contributed by atoms with Crippen molar-refractivity contribution < 1.29 is 4.79 Å². The van der Waals surface area contributed by atoms with Crippen molar-refractivity contribution in [1.82, 2.24) is 15.1 Å². The SMILES string of the molecule is O=C(CN1CCN(CC=Cc2ccccc2)CC1)NCC1CCCCC1. The molecule has 0 radical (unpaired) electrons. The predicted molar refractivity (Wildman–Crippen MR) is 108 cm³/mol. The zero-order chi connectivity index (χ0) is 18.0. The van der Waals surface area contributed by atoms with Gasteiger partial charge in [0.2, 0.25) is 5.91 Å². The molecule has 3 rings (SSSR count). The van der Waals surface area contributed by atoms with Crippen LogP contribution in [0.2, 0.25) is 0 Å². The number of carbonyl (C=O) groups is 1. The molecule has 0 spiro atoms. The van der Waals surface area contributed by atoms with Gasteiger partial charge in [0.25, 0.3) is 0 Å². The van der Waals surface area contributed by atoms with Gasteiger partial charge in [0, 0.05) is 39.3 Å². The summed E-state index contributed by atoms with van der Waals surface area (Å²) in [6.45, 7) is 6.45. The van der Waals surface area contributed by atoms with Crippen LogP contribution >= 0.6 is 0 Å². The molecule has 2 aliphatic rings. The normalized spacial score (nSPS) is 20.5. The van der Waals surface area contributed by atoms with E-state index in [1.165, 1.54) is 37.7 Å². The van der Waals surface area contributed by atoms with E-state index >= 15 is 0 Å². The van der Waals surface area contributed by atoms with E-state index in [9.17, 15) is 4.79 Å². The van der Waals surface area contributed by atoms with Crippen molar-refractivity contribution >= 4 is 12.0 Å². The molecule has 1 aliphatic carbocycles. The van der Waals surface area contributed by atoms with Crippen LogP contribution in [0.5, 0.6) is 0 Å². The first-order valence-corrected chi connectivity index (χ1v) is 10.2. The number of carbonyl (C=O) groups excluding carboxylic acids is 1. The van der Waals surface area contributed by atoms with Gasteiger partial charge in [-0.05, 0) is 24.3 Å². The quantitative estimate of drug-likeness (QED) is 0.817. The molecule has 1 N–H and O–H groups in total. The number of hydrogen-bond donors (Lipinski definition) is 1. The molecule has 1 amide bonds. The van der Waals surface area contributed by atoms with E-state index in [1.54, 1.807) is 0 Å². The minimum Gasteiger partial charge on any atom is -0.355 e. The largest absolute Gasteiger partial charge is 0.355 e. The van der Waals surface area contributed by atoms with E-state index in [0.29, 0.717) is 12.5 Å². The van der Waals surface area contributed by atoms with E-state index in [2.05, 4.69) is 51.5 Å². The summed E-state index contributed by atoms with van der Waals surface area (Å²) in [5.74, 6) is 0.911. The molecular formula is C22H33N3O. The molecule has 1 saturated carbocycles. The number of nitrogens with zero attached hydrogens (tertiary/aromatic N) is 2. The minimum atomic E-state index is 0.202. The van der Waals surface area contributed by atoms with Gasteiger partial charge < -0.3 is 5.32 Å². The Bertz CT molecular complexity index is 558. The van der Waals surface area contributed by atoms with Gasteiger partial charge in [0.05, 0.1) is 6.54 Å². The second-order valence-corrected chi connectivity index (χ2v) is 7.70. The highest BCUT2D eigenvalue weighted by Crippen LogP contribution is 2.22. The second kappa shape index (κ2) is 10.5. The number of hydrogen-bond acceptors (Lipinski definition) is 3. The van der Waals surface area contributed by atoms with Gasteiger partial charge in [0.15, 0.2) is 0 Å². The van der Waals surface area contributed by atoms with Crippen LogP contribution in [0.4, 0.5) is 0 Å². The minimum absolute atomic E-state index is 0.202. The van der Waals surface area contributed by atoms with Crippen LogP contribution in [0.15, 0.2) is 36.4 Å². The zero-order valence-corrected chi connectivity index (χ0v) is 15.9. The molecule has 142 valence electrons. The Morgan fingerprint density at radius 1 is 1.00 bits per heavy atom. The molecule has 1 heterocycles. The lowest BCUT2D eigenvalue weighted by Crippen LogP contribution is -2.49. The fraction of sp³-hybridized carbons (Fsp3) is 0.591. The molecule has 0 atom stereocenters. The molecule has 0 unspecified atom stereocenters. The summed E-state index contributed by atoms with van der Waals surface area (Å²) in [4.78, 5) is 16.9. The number of amides is 1. The first-order valence-electron chi connectivity index (χ1n) is 10.2. The van der Waals surface area contributed by atoms with E-state index < -0.39 is 0 Å². The van der Waals surface area contributed by atoms with Crippen LogP contribution in [0.3, 0.4) is 0 Å². The molecule has 0 aromatic heterocycles. The lowest BCUT2D eigenvalue weighted by molar-refractivity contribution is -0.122. The van der Waals surface area contributed by atoms with Crippen LogP contribution in [0, 0.1) is 5.92 Å². The Kier molecular flexibility index (Phi) is 7.71. The summed E-state index contributed by atoms with van der Waals surface area (Å²) in [5, 5.41) is 3.16. The summed E-state index contributed by atoms with van der Waals surface area (Å²) in [5.41, 5.74) is 1.25. The average Bonchev–Trinajstić information content (AvgIpc) is 2.69. The number of piperazine rings is 1. The van der Waals surface area contributed by atoms with E-state index in [4.69, 9.17) is 0 Å². The van der Waals surface area contributed by atoms with Crippen LogP contribution in [0.1, 0.15) is 37.7 Å². The van der Waals surface area contributed by atoms with Gasteiger partial charge in [-0.25, -0.2) is 0 Å². The van der Waals surface area contributed by atoms with E-state index in [1.807, 2.05) is 6.07 Å². The third-order valence-electron chi connectivity index (χ3n) is 5.62. The van der Waals surface area contributed by atoms with Gasteiger partial charge in [-0.3, -0.25) is 14.6 Å². The molecule has 1 aliphatic heterocycles. The van der Waals surface area contributed by atoms with E-state index in [0.717, 1.165) is 39.3 Å². The van der Waals surface area contributed by atoms with Crippen molar-refractivity contribution in [3.63, 3.8) is 0 Å². The summed E-state index contributed by atoms with van der Waals surface area (Å²) in [7, 11) is 0. The van der Waals surface area contributed by atoms with Crippen LogP contribution in [-0.2, 0) is 4.79 Å². The van der Waals surface area contributed by atoms with Crippen molar-refractivity contribution in [2.24, 2.45) is 5.92 Å². The topological polar surface area (TPSA) is 35.6 Å². The fourth-order valence-corrected chi connectivity index (χ4v) is 3.94. The molecule has 0 bridgehead atoms. The van der Waals surface area contributed by atoms with Gasteiger partial charge in [0.1, 0.15) is 0 Å². The van der Waals surface area contributed by atoms with Gasteiger partial charge >= 0.3 is 0 Å². The fourth-order valence-electron chi connectivity index (χ4n) is 3.94.